The molecule has 0 bridgehead atoms. The summed E-state index contributed by atoms with van der Waals surface area (Å²) in [7, 11) is 0. The third-order valence-electron chi connectivity index (χ3n) is 4.11. The largest absolute Gasteiger partial charge is 0.398 e. The fourth-order valence-electron chi connectivity index (χ4n) is 2.74. The van der Waals surface area contributed by atoms with Gasteiger partial charge in [0.05, 0.1) is 11.1 Å². The predicted molar refractivity (Wildman–Crippen MR) is 106 cm³/mol. The number of nitrogen functional groups attached to an aromatic ring is 1. The van der Waals surface area contributed by atoms with Crippen LogP contribution in [0.1, 0.15) is 32.4 Å². The van der Waals surface area contributed by atoms with Crippen LogP contribution in [0.25, 0.3) is 0 Å². The Morgan fingerprint density at radius 1 is 0.815 bits per heavy atom. The number of nitrogens with one attached hydrogen (secondary N) is 2. The third-order valence-corrected chi connectivity index (χ3v) is 4.11. The number of primary amides is 1. The minimum Gasteiger partial charge on any atom is -0.398 e. The van der Waals surface area contributed by atoms with Gasteiger partial charge in [0.15, 0.2) is 0 Å². The van der Waals surface area contributed by atoms with Gasteiger partial charge in [-0.3, -0.25) is 9.59 Å². The lowest BCUT2D eigenvalue weighted by Crippen LogP contribution is -2.38. The molecule has 1 unspecified atom stereocenters. The van der Waals surface area contributed by atoms with Gasteiger partial charge in [0.25, 0.3) is 11.8 Å². The predicted octanol–water partition coefficient (Wildman–Crippen LogP) is 2.91. The van der Waals surface area contributed by atoms with Crippen molar-refractivity contribution in [3.8, 4) is 0 Å². The molecule has 4 rings (SSSR count). The van der Waals surface area contributed by atoms with Gasteiger partial charge in [0, 0.05) is 11.4 Å². The zero-order valence-electron chi connectivity index (χ0n) is 14.6. The monoisotopic (exact) mass is 360 g/mol. The Bertz CT molecular complexity index is 957. The standard InChI is InChI=1S/C14H12N2O.C7H8N2O/c17-14-11-8-4-5-9-12(11)15-13(16-14)10-6-2-1-3-7-10;8-6-4-2-1-3-5(6)7(9)10/h1-9,13,15H,(H,16,17);1-4H,8H2,(H2,9,10). The number of carbonyl (C=O) groups excluding carboxylic acids is 2. The number of hydrogen-bond acceptors (Lipinski definition) is 4. The minimum absolute atomic E-state index is 0.0341. The van der Waals surface area contributed by atoms with Gasteiger partial charge in [-0.1, -0.05) is 54.6 Å². The molecule has 1 heterocycles. The molecule has 2 amide bonds. The van der Waals surface area contributed by atoms with Gasteiger partial charge in [-0.2, -0.15) is 0 Å². The number of rotatable bonds is 2. The second-order valence-electron chi connectivity index (χ2n) is 5.96. The first kappa shape index (κ1) is 18.0. The van der Waals surface area contributed by atoms with Crippen molar-refractivity contribution >= 4 is 23.2 Å². The van der Waals surface area contributed by atoms with Crippen molar-refractivity contribution in [1.82, 2.24) is 5.32 Å². The molecular weight excluding hydrogens is 340 g/mol. The van der Waals surface area contributed by atoms with E-state index in [1.54, 1.807) is 24.3 Å². The molecule has 0 aromatic heterocycles. The Hall–Kier alpha value is -3.80. The van der Waals surface area contributed by atoms with Crippen LogP contribution in [-0.4, -0.2) is 11.8 Å². The van der Waals surface area contributed by atoms with E-state index in [2.05, 4.69) is 10.6 Å². The zero-order chi connectivity index (χ0) is 19.2. The SMILES string of the molecule is NC(=O)c1ccccc1N.O=C1NC(c2ccccc2)Nc2ccccc21. The van der Waals surface area contributed by atoms with Crippen LogP contribution < -0.4 is 22.1 Å². The van der Waals surface area contributed by atoms with E-state index < -0.39 is 5.91 Å². The maximum Gasteiger partial charge on any atom is 0.255 e. The van der Waals surface area contributed by atoms with Crippen molar-refractivity contribution in [2.45, 2.75) is 6.17 Å². The van der Waals surface area contributed by atoms with Crippen LogP contribution in [-0.2, 0) is 0 Å². The molecule has 6 nitrogen and oxygen atoms in total. The fourth-order valence-corrected chi connectivity index (χ4v) is 2.74. The molecule has 0 saturated heterocycles. The highest BCUT2D eigenvalue weighted by atomic mass is 16.2. The summed E-state index contributed by atoms with van der Waals surface area (Å²) in [6.07, 6.45) is -0.154. The van der Waals surface area contributed by atoms with Gasteiger partial charge >= 0.3 is 0 Å². The summed E-state index contributed by atoms with van der Waals surface area (Å²) in [6, 6.07) is 24.1. The highest BCUT2D eigenvalue weighted by molar-refractivity contribution is 6.01. The molecular formula is C21H20N4O2. The summed E-state index contributed by atoms with van der Waals surface area (Å²) in [4.78, 5) is 22.5. The number of fused-ring (bicyclic) bond motifs is 1. The Labute approximate surface area is 157 Å². The van der Waals surface area contributed by atoms with Crippen molar-refractivity contribution in [2.24, 2.45) is 5.73 Å². The molecule has 3 aromatic carbocycles. The number of amides is 2. The van der Waals surface area contributed by atoms with E-state index in [9.17, 15) is 9.59 Å². The van der Waals surface area contributed by atoms with Crippen molar-refractivity contribution in [1.29, 1.82) is 0 Å². The average Bonchev–Trinajstić information content (AvgIpc) is 2.69. The minimum atomic E-state index is -0.488. The summed E-state index contributed by atoms with van der Waals surface area (Å²) in [5, 5.41) is 6.25. The van der Waals surface area contributed by atoms with Crippen LogP contribution >= 0.6 is 0 Å². The van der Waals surface area contributed by atoms with Gasteiger partial charge < -0.3 is 22.1 Å². The van der Waals surface area contributed by atoms with Crippen molar-refractivity contribution in [3.63, 3.8) is 0 Å². The van der Waals surface area contributed by atoms with Crippen LogP contribution in [0, 0.1) is 0 Å². The first-order chi connectivity index (χ1) is 13.1. The molecule has 1 atom stereocenters. The van der Waals surface area contributed by atoms with Gasteiger partial charge in [0.1, 0.15) is 6.17 Å². The number of carbonyl (C=O) groups is 2. The van der Waals surface area contributed by atoms with Crippen molar-refractivity contribution in [2.75, 3.05) is 11.1 Å². The summed E-state index contributed by atoms with van der Waals surface area (Å²) >= 11 is 0. The molecule has 0 saturated carbocycles. The normalized spacial score (nSPS) is 14.7. The Morgan fingerprint density at radius 2 is 1.44 bits per heavy atom. The van der Waals surface area contributed by atoms with Crippen molar-refractivity contribution < 1.29 is 9.59 Å². The third kappa shape index (κ3) is 4.24. The topological polar surface area (TPSA) is 110 Å². The molecule has 6 heteroatoms. The van der Waals surface area contributed by atoms with Crippen LogP contribution in [0.3, 0.4) is 0 Å². The smallest absolute Gasteiger partial charge is 0.255 e. The number of anilines is 2. The molecule has 0 spiro atoms. The van der Waals surface area contributed by atoms with Crippen LogP contribution in [0.15, 0.2) is 78.9 Å². The van der Waals surface area contributed by atoms with Crippen LogP contribution in [0.2, 0.25) is 0 Å². The number of nitrogens with two attached hydrogens (primary N) is 2. The molecule has 6 N–H and O–H groups in total. The second-order valence-corrected chi connectivity index (χ2v) is 5.96. The Morgan fingerprint density at radius 3 is 2.11 bits per heavy atom. The zero-order valence-corrected chi connectivity index (χ0v) is 14.6. The lowest BCUT2D eigenvalue weighted by molar-refractivity contribution is 0.0934. The number of para-hydroxylation sites is 2. The molecule has 0 radical (unpaired) electrons. The molecule has 1 aliphatic rings. The van der Waals surface area contributed by atoms with E-state index >= 15 is 0 Å². The lowest BCUT2D eigenvalue weighted by Gasteiger charge is -2.28. The van der Waals surface area contributed by atoms with E-state index in [1.165, 1.54) is 0 Å². The highest BCUT2D eigenvalue weighted by Gasteiger charge is 2.23. The van der Waals surface area contributed by atoms with Gasteiger partial charge in [0.2, 0.25) is 0 Å². The lowest BCUT2D eigenvalue weighted by atomic mass is 10.1. The van der Waals surface area contributed by atoms with Crippen molar-refractivity contribution in [3.05, 3.63) is 95.6 Å². The maximum atomic E-state index is 11.9. The Balaban J connectivity index is 0.000000180. The first-order valence-electron chi connectivity index (χ1n) is 8.42. The van der Waals surface area contributed by atoms with E-state index in [4.69, 9.17) is 11.5 Å². The van der Waals surface area contributed by atoms with Gasteiger partial charge in [-0.15, -0.1) is 0 Å². The highest BCUT2D eigenvalue weighted by Crippen LogP contribution is 2.25. The summed E-state index contributed by atoms with van der Waals surface area (Å²) in [6.45, 7) is 0. The van der Waals surface area contributed by atoms with E-state index in [-0.39, 0.29) is 12.1 Å². The van der Waals surface area contributed by atoms with Gasteiger partial charge in [-0.25, -0.2) is 0 Å². The fraction of sp³-hybridized carbons (Fsp3) is 0.0476. The second kappa shape index (κ2) is 8.05. The van der Waals surface area contributed by atoms with Crippen LogP contribution in [0.5, 0.6) is 0 Å². The summed E-state index contributed by atoms with van der Waals surface area (Å²) < 4.78 is 0. The quantitative estimate of drug-likeness (QED) is 0.527. The molecule has 3 aromatic rings. The maximum absolute atomic E-state index is 11.9. The summed E-state index contributed by atoms with van der Waals surface area (Å²) in [5.41, 5.74) is 13.8. The number of hydrogen-bond donors (Lipinski definition) is 4. The molecule has 27 heavy (non-hydrogen) atoms. The molecule has 0 aliphatic carbocycles. The average molecular weight is 360 g/mol. The molecule has 1 aliphatic heterocycles. The number of benzene rings is 3. The summed E-state index contributed by atoms with van der Waals surface area (Å²) in [5.74, 6) is -0.522. The van der Waals surface area contributed by atoms with Crippen LogP contribution in [0.4, 0.5) is 11.4 Å². The van der Waals surface area contributed by atoms with E-state index in [0.29, 0.717) is 16.8 Å². The Kier molecular flexibility index (Phi) is 5.37. The first-order valence-corrected chi connectivity index (χ1v) is 8.42. The van der Waals surface area contributed by atoms with E-state index in [1.807, 2.05) is 54.6 Å². The van der Waals surface area contributed by atoms with E-state index in [0.717, 1.165) is 11.3 Å². The molecule has 136 valence electrons. The van der Waals surface area contributed by atoms with Gasteiger partial charge in [-0.05, 0) is 29.8 Å². The molecule has 0 fully saturated rings.